The van der Waals surface area contributed by atoms with Crippen LogP contribution in [0.25, 0.3) is 6.08 Å². The van der Waals surface area contributed by atoms with Crippen molar-refractivity contribution in [2.24, 2.45) is 7.05 Å². The largest absolute Gasteiger partial charge is 0.338 e. The van der Waals surface area contributed by atoms with Gasteiger partial charge in [-0.05, 0) is 36.3 Å². The van der Waals surface area contributed by atoms with Gasteiger partial charge in [-0.3, -0.25) is 0 Å². The molecule has 0 radical (unpaired) electrons. The zero-order chi connectivity index (χ0) is 14.8. The molecular weight excluding hydrogens is 276 g/mol. The monoisotopic (exact) mass is 295 g/mol. The van der Waals surface area contributed by atoms with Crippen molar-refractivity contribution >= 4 is 23.5 Å². The van der Waals surface area contributed by atoms with Crippen LogP contribution in [0.15, 0.2) is 64.8 Å². The number of thioether (sulfide) groups is 1. The Morgan fingerprint density at radius 1 is 1.14 bits per heavy atom. The summed E-state index contributed by atoms with van der Waals surface area (Å²) in [6.07, 6.45) is 10.5. The molecular formula is C18H19N2S+. The number of allylic oxidation sites excluding steroid dienone is 2. The molecule has 0 saturated heterocycles. The Bertz CT molecular complexity index is 714. The summed E-state index contributed by atoms with van der Waals surface area (Å²) in [5, 5.41) is 1.26. The number of benzene rings is 1. The summed E-state index contributed by atoms with van der Waals surface area (Å²) in [7, 11) is 4.15. The van der Waals surface area contributed by atoms with Gasteiger partial charge in [0, 0.05) is 24.1 Å². The lowest BCUT2D eigenvalue weighted by molar-refractivity contribution is -0.671. The van der Waals surface area contributed by atoms with Crippen LogP contribution in [-0.4, -0.2) is 7.05 Å². The van der Waals surface area contributed by atoms with E-state index in [0.29, 0.717) is 0 Å². The molecule has 0 atom stereocenters. The van der Waals surface area contributed by atoms with Crippen molar-refractivity contribution in [1.29, 1.82) is 0 Å². The number of anilines is 1. The first-order chi connectivity index (χ1) is 10.1. The molecule has 1 aliphatic rings. The predicted octanol–water partition coefficient (Wildman–Crippen LogP) is 3.92. The highest BCUT2D eigenvalue weighted by molar-refractivity contribution is 8.03. The SMILES string of the molecule is Cc1ccc2c(c1)N(C)C(=CC=Cc1cc[n+](C)cc1)S2. The first-order valence-electron chi connectivity index (χ1n) is 6.99. The van der Waals surface area contributed by atoms with Crippen LogP contribution in [0, 0.1) is 6.92 Å². The summed E-state index contributed by atoms with van der Waals surface area (Å²) in [6, 6.07) is 10.8. The molecule has 3 heteroatoms. The van der Waals surface area contributed by atoms with Crippen molar-refractivity contribution in [3.63, 3.8) is 0 Å². The first-order valence-corrected chi connectivity index (χ1v) is 7.81. The molecule has 1 aromatic carbocycles. The number of pyridine rings is 1. The van der Waals surface area contributed by atoms with Gasteiger partial charge in [0.05, 0.1) is 10.7 Å². The number of hydrogen-bond donors (Lipinski definition) is 0. The Labute approximate surface area is 130 Å². The number of hydrogen-bond acceptors (Lipinski definition) is 2. The molecule has 0 saturated carbocycles. The molecule has 1 aliphatic heterocycles. The fourth-order valence-electron chi connectivity index (χ4n) is 2.29. The quantitative estimate of drug-likeness (QED) is 0.775. The van der Waals surface area contributed by atoms with Crippen LogP contribution in [-0.2, 0) is 7.05 Å². The lowest BCUT2D eigenvalue weighted by Crippen LogP contribution is -2.25. The van der Waals surface area contributed by atoms with Crippen LogP contribution >= 0.6 is 11.8 Å². The lowest BCUT2D eigenvalue weighted by atomic mass is 10.2. The maximum absolute atomic E-state index is 2.25. The molecule has 21 heavy (non-hydrogen) atoms. The van der Waals surface area contributed by atoms with Gasteiger partial charge in [-0.25, -0.2) is 4.57 Å². The highest BCUT2D eigenvalue weighted by Crippen LogP contribution is 2.45. The average molecular weight is 295 g/mol. The summed E-state index contributed by atoms with van der Waals surface area (Å²) >= 11 is 1.82. The van der Waals surface area contributed by atoms with Crippen molar-refractivity contribution in [1.82, 2.24) is 0 Å². The number of aryl methyl sites for hydroxylation is 2. The summed E-state index contributed by atoms with van der Waals surface area (Å²) in [5.74, 6) is 0. The summed E-state index contributed by atoms with van der Waals surface area (Å²) in [5.41, 5.74) is 3.81. The van der Waals surface area contributed by atoms with Crippen LogP contribution < -0.4 is 9.47 Å². The molecule has 0 bridgehead atoms. The third kappa shape index (κ3) is 3.03. The molecule has 0 amide bonds. The Kier molecular flexibility index (Phi) is 3.84. The second-order valence-electron chi connectivity index (χ2n) is 5.29. The van der Waals surface area contributed by atoms with E-state index < -0.39 is 0 Å². The van der Waals surface area contributed by atoms with Crippen LogP contribution in [0.2, 0.25) is 0 Å². The Morgan fingerprint density at radius 3 is 2.67 bits per heavy atom. The fourth-order valence-corrected chi connectivity index (χ4v) is 3.33. The molecule has 0 aliphatic carbocycles. The van der Waals surface area contributed by atoms with Crippen LogP contribution in [0.5, 0.6) is 0 Å². The lowest BCUT2D eigenvalue weighted by Gasteiger charge is -2.13. The molecule has 3 rings (SSSR count). The maximum atomic E-state index is 2.25. The van der Waals surface area contributed by atoms with Gasteiger partial charge in [0.1, 0.15) is 7.05 Å². The standard InChI is InChI=1S/C18H19N2S/c1-14-7-8-17-16(13-14)20(3)18(21-17)6-4-5-15-9-11-19(2)12-10-15/h4-13H,1-3H3/q+1. The van der Waals surface area contributed by atoms with Gasteiger partial charge in [-0.1, -0.05) is 30.0 Å². The highest BCUT2D eigenvalue weighted by atomic mass is 32.2. The van der Waals surface area contributed by atoms with E-state index in [4.69, 9.17) is 0 Å². The molecule has 2 heterocycles. The summed E-state index contributed by atoms with van der Waals surface area (Å²) in [4.78, 5) is 3.58. The van der Waals surface area contributed by atoms with Crippen molar-refractivity contribution in [3.05, 3.63) is 71.0 Å². The van der Waals surface area contributed by atoms with Gasteiger partial charge < -0.3 is 4.90 Å². The smallest absolute Gasteiger partial charge is 0.169 e. The van der Waals surface area contributed by atoms with Gasteiger partial charge in [0.15, 0.2) is 12.4 Å². The molecule has 1 aromatic heterocycles. The number of aromatic nitrogens is 1. The highest BCUT2D eigenvalue weighted by Gasteiger charge is 2.20. The Morgan fingerprint density at radius 2 is 1.90 bits per heavy atom. The van der Waals surface area contributed by atoms with Gasteiger partial charge in [-0.2, -0.15) is 0 Å². The normalized spacial score (nSPS) is 16.0. The molecule has 0 N–H and O–H groups in total. The van der Waals surface area contributed by atoms with Crippen molar-refractivity contribution in [3.8, 4) is 0 Å². The predicted molar refractivity (Wildman–Crippen MR) is 90.2 cm³/mol. The van der Waals surface area contributed by atoms with E-state index >= 15 is 0 Å². The molecule has 2 nitrogen and oxygen atoms in total. The number of rotatable bonds is 2. The molecule has 106 valence electrons. The molecule has 0 fully saturated rings. The minimum atomic E-state index is 1.21. The van der Waals surface area contributed by atoms with Crippen molar-refractivity contribution < 1.29 is 4.57 Å². The van der Waals surface area contributed by atoms with Gasteiger partial charge in [0.2, 0.25) is 0 Å². The Balaban J connectivity index is 1.78. The van der Waals surface area contributed by atoms with E-state index in [2.05, 4.69) is 79.8 Å². The molecule has 0 unspecified atom stereocenters. The van der Waals surface area contributed by atoms with Gasteiger partial charge in [-0.15, -0.1) is 0 Å². The number of fused-ring (bicyclic) bond motifs is 1. The minimum Gasteiger partial charge on any atom is -0.338 e. The van der Waals surface area contributed by atoms with Crippen molar-refractivity contribution in [2.45, 2.75) is 11.8 Å². The van der Waals surface area contributed by atoms with Crippen LogP contribution in [0.3, 0.4) is 0 Å². The molecule has 2 aromatic rings. The van der Waals surface area contributed by atoms with E-state index in [1.165, 1.54) is 26.7 Å². The summed E-state index contributed by atoms with van der Waals surface area (Å²) < 4.78 is 2.04. The van der Waals surface area contributed by atoms with E-state index in [9.17, 15) is 0 Å². The van der Waals surface area contributed by atoms with Crippen LogP contribution in [0.1, 0.15) is 11.1 Å². The molecule has 0 spiro atoms. The van der Waals surface area contributed by atoms with E-state index in [0.717, 1.165) is 0 Å². The van der Waals surface area contributed by atoms with Gasteiger partial charge >= 0.3 is 0 Å². The van der Waals surface area contributed by atoms with E-state index in [1.54, 1.807) is 0 Å². The zero-order valence-corrected chi connectivity index (χ0v) is 13.4. The second-order valence-corrected chi connectivity index (χ2v) is 6.36. The Hall–Kier alpha value is -2.00. The third-order valence-electron chi connectivity index (χ3n) is 3.55. The zero-order valence-electron chi connectivity index (χ0n) is 12.6. The van der Waals surface area contributed by atoms with Crippen LogP contribution in [0.4, 0.5) is 5.69 Å². The van der Waals surface area contributed by atoms with Gasteiger partial charge in [0.25, 0.3) is 0 Å². The van der Waals surface area contributed by atoms with E-state index in [-0.39, 0.29) is 0 Å². The fraction of sp³-hybridized carbons (Fsp3) is 0.167. The summed E-state index contributed by atoms with van der Waals surface area (Å²) in [6.45, 7) is 2.13. The second kappa shape index (κ2) is 5.78. The topological polar surface area (TPSA) is 7.12 Å². The maximum Gasteiger partial charge on any atom is 0.169 e. The van der Waals surface area contributed by atoms with Crippen molar-refractivity contribution in [2.75, 3.05) is 11.9 Å². The average Bonchev–Trinajstić information content (AvgIpc) is 2.78. The minimum absolute atomic E-state index is 1.21. The third-order valence-corrected chi connectivity index (χ3v) is 4.74. The first kappa shape index (κ1) is 14.0. The number of nitrogens with zero attached hydrogens (tertiary/aromatic N) is 2. The van der Waals surface area contributed by atoms with E-state index in [1.807, 2.05) is 23.4 Å².